The first-order chi connectivity index (χ1) is 9.26. The van der Waals surface area contributed by atoms with E-state index in [1.807, 2.05) is 18.5 Å². The predicted molar refractivity (Wildman–Crippen MR) is 81.5 cm³/mol. The topological polar surface area (TPSA) is 66.9 Å². The van der Waals surface area contributed by atoms with E-state index in [4.69, 9.17) is 0 Å². The third-order valence-corrected chi connectivity index (χ3v) is 5.47. The zero-order chi connectivity index (χ0) is 13.2. The van der Waals surface area contributed by atoms with E-state index < -0.39 is 10.8 Å². The molecule has 0 saturated carbocycles. The minimum atomic E-state index is -0.627. The number of anilines is 2. The first-order valence-corrected chi connectivity index (χ1v) is 8.67. The molecule has 1 aliphatic rings. The maximum atomic E-state index is 11.4. The lowest BCUT2D eigenvalue weighted by molar-refractivity contribution is 0.623. The fourth-order valence-electron chi connectivity index (χ4n) is 2.21. The molecular weight excluding hydrogens is 280 g/mol. The van der Waals surface area contributed by atoms with E-state index in [1.165, 1.54) is 0 Å². The molecule has 0 atom stereocenters. The molecule has 0 spiro atoms. The van der Waals surface area contributed by atoms with Crippen molar-refractivity contribution in [2.75, 3.05) is 29.2 Å². The Morgan fingerprint density at radius 2 is 2.16 bits per heavy atom. The van der Waals surface area contributed by atoms with Crippen LogP contribution in [0.1, 0.15) is 12.8 Å². The maximum absolute atomic E-state index is 11.4. The highest BCUT2D eigenvalue weighted by atomic mass is 32.2. The summed E-state index contributed by atoms with van der Waals surface area (Å²) in [5.41, 5.74) is 0. The van der Waals surface area contributed by atoms with Gasteiger partial charge in [-0.3, -0.25) is 4.21 Å². The minimum Gasteiger partial charge on any atom is -0.367 e. The first-order valence-electron chi connectivity index (χ1n) is 6.31. The number of aromatic nitrogens is 2. The highest BCUT2D eigenvalue weighted by molar-refractivity contribution is 7.85. The number of hydrogen-bond acceptors (Lipinski definition) is 6. The van der Waals surface area contributed by atoms with Crippen molar-refractivity contribution in [2.45, 2.75) is 18.9 Å². The molecule has 0 amide bonds. The van der Waals surface area contributed by atoms with Crippen LogP contribution in [0.25, 0.3) is 10.2 Å². The average molecular weight is 296 g/mol. The first kappa shape index (κ1) is 12.8. The molecule has 1 aliphatic heterocycles. The van der Waals surface area contributed by atoms with Gasteiger partial charge in [0.1, 0.15) is 10.6 Å². The second-order valence-corrected chi connectivity index (χ2v) is 7.14. The molecule has 0 aromatic carbocycles. The van der Waals surface area contributed by atoms with Crippen molar-refractivity contribution >= 4 is 44.1 Å². The van der Waals surface area contributed by atoms with Gasteiger partial charge in [0.05, 0.1) is 5.39 Å². The third-order valence-electron chi connectivity index (χ3n) is 3.28. The van der Waals surface area contributed by atoms with Crippen LogP contribution in [0.5, 0.6) is 0 Å². The van der Waals surface area contributed by atoms with Gasteiger partial charge in [-0.1, -0.05) is 0 Å². The molecule has 2 N–H and O–H groups in total. The lowest BCUT2D eigenvalue weighted by Gasteiger charge is -2.23. The van der Waals surface area contributed by atoms with Gasteiger partial charge in [-0.15, -0.1) is 11.3 Å². The molecule has 19 heavy (non-hydrogen) atoms. The van der Waals surface area contributed by atoms with Crippen LogP contribution in [0.2, 0.25) is 0 Å². The number of hydrogen-bond donors (Lipinski definition) is 2. The van der Waals surface area contributed by atoms with Crippen LogP contribution in [0.15, 0.2) is 11.4 Å². The molecular formula is C12H16N4OS2. The van der Waals surface area contributed by atoms with Crippen LogP contribution in [-0.4, -0.2) is 38.8 Å². The van der Waals surface area contributed by atoms with Crippen molar-refractivity contribution in [3.05, 3.63) is 11.4 Å². The fraction of sp³-hybridized carbons (Fsp3) is 0.500. The van der Waals surface area contributed by atoms with Gasteiger partial charge >= 0.3 is 0 Å². The maximum Gasteiger partial charge on any atom is 0.225 e. The van der Waals surface area contributed by atoms with Crippen molar-refractivity contribution in [1.82, 2.24) is 9.97 Å². The molecule has 2 aromatic heterocycles. The van der Waals surface area contributed by atoms with Crippen molar-refractivity contribution in [2.24, 2.45) is 0 Å². The van der Waals surface area contributed by atoms with Gasteiger partial charge in [0, 0.05) is 35.4 Å². The highest BCUT2D eigenvalue weighted by Crippen LogP contribution is 2.27. The fourth-order valence-corrected chi connectivity index (χ4v) is 4.27. The van der Waals surface area contributed by atoms with Crippen LogP contribution >= 0.6 is 11.3 Å². The molecule has 2 aromatic rings. The molecule has 1 saturated heterocycles. The van der Waals surface area contributed by atoms with Gasteiger partial charge in [0.15, 0.2) is 0 Å². The Kier molecular flexibility index (Phi) is 3.65. The van der Waals surface area contributed by atoms with Crippen molar-refractivity contribution in [3.8, 4) is 0 Å². The molecule has 0 unspecified atom stereocenters. The zero-order valence-corrected chi connectivity index (χ0v) is 12.3. The normalized spacial score (nSPS) is 23.4. The molecule has 3 rings (SSSR count). The van der Waals surface area contributed by atoms with Gasteiger partial charge < -0.3 is 10.6 Å². The Hall–Kier alpha value is -1.21. The van der Waals surface area contributed by atoms with Gasteiger partial charge in [0.25, 0.3) is 0 Å². The molecule has 1 fully saturated rings. The molecule has 0 radical (unpaired) electrons. The van der Waals surface area contributed by atoms with Gasteiger partial charge in [-0.2, -0.15) is 4.98 Å². The largest absolute Gasteiger partial charge is 0.367 e. The lowest BCUT2D eigenvalue weighted by Crippen LogP contribution is -2.29. The van der Waals surface area contributed by atoms with Gasteiger partial charge in [-0.25, -0.2) is 4.98 Å². The summed E-state index contributed by atoms with van der Waals surface area (Å²) < 4.78 is 11.4. The summed E-state index contributed by atoms with van der Waals surface area (Å²) in [5.74, 6) is 3.09. The van der Waals surface area contributed by atoms with Gasteiger partial charge in [0.2, 0.25) is 5.95 Å². The Bertz CT molecular complexity index is 603. The SMILES string of the molecule is CNc1nc(NC2CCS(=O)CC2)c2ccsc2n1. The monoisotopic (exact) mass is 296 g/mol. The Morgan fingerprint density at radius 1 is 1.37 bits per heavy atom. The summed E-state index contributed by atoms with van der Waals surface area (Å²) in [5, 5.41) is 9.57. The van der Waals surface area contributed by atoms with E-state index in [2.05, 4.69) is 20.6 Å². The summed E-state index contributed by atoms with van der Waals surface area (Å²) in [7, 11) is 1.19. The van der Waals surface area contributed by atoms with Crippen LogP contribution in [0, 0.1) is 0 Å². The summed E-state index contributed by atoms with van der Waals surface area (Å²) in [6.45, 7) is 0. The summed E-state index contributed by atoms with van der Waals surface area (Å²) in [6.07, 6.45) is 1.88. The summed E-state index contributed by atoms with van der Waals surface area (Å²) >= 11 is 1.61. The third kappa shape index (κ3) is 2.71. The highest BCUT2D eigenvalue weighted by Gasteiger charge is 2.19. The number of nitrogens with zero attached hydrogens (tertiary/aromatic N) is 2. The second kappa shape index (κ2) is 5.42. The quantitative estimate of drug-likeness (QED) is 0.907. The van der Waals surface area contributed by atoms with E-state index in [0.717, 1.165) is 40.4 Å². The van der Waals surface area contributed by atoms with E-state index in [-0.39, 0.29) is 0 Å². The minimum absolute atomic E-state index is 0.361. The van der Waals surface area contributed by atoms with Gasteiger partial charge in [-0.05, 0) is 24.3 Å². The predicted octanol–water partition coefficient (Wildman–Crippen LogP) is 2.06. The zero-order valence-electron chi connectivity index (χ0n) is 10.7. The molecule has 0 bridgehead atoms. The molecule has 102 valence electrons. The summed E-state index contributed by atoms with van der Waals surface area (Å²) in [4.78, 5) is 9.92. The Morgan fingerprint density at radius 3 is 2.89 bits per heavy atom. The Balaban J connectivity index is 1.87. The average Bonchev–Trinajstić information content (AvgIpc) is 2.89. The van der Waals surface area contributed by atoms with Crippen LogP contribution in [-0.2, 0) is 10.8 Å². The number of rotatable bonds is 3. The van der Waals surface area contributed by atoms with E-state index in [9.17, 15) is 4.21 Å². The molecule has 0 aliphatic carbocycles. The smallest absolute Gasteiger partial charge is 0.225 e. The van der Waals surface area contributed by atoms with Crippen molar-refractivity contribution < 1.29 is 4.21 Å². The van der Waals surface area contributed by atoms with Crippen LogP contribution in [0.3, 0.4) is 0 Å². The molecule has 3 heterocycles. The standard InChI is InChI=1S/C12H16N4OS2/c1-13-12-15-10(9-2-5-18-11(9)16-12)14-8-3-6-19(17)7-4-8/h2,5,8H,3-4,6-7H2,1H3,(H2,13,14,15,16). The number of nitrogens with one attached hydrogen (secondary N) is 2. The number of fused-ring (bicyclic) bond motifs is 1. The van der Waals surface area contributed by atoms with Crippen LogP contribution in [0.4, 0.5) is 11.8 Å². The van der Waals surface area contributed by atoms with Crippen molar-refractivity contribution in [3.63, 3.8) is 0 Å². The van der Waals surface area contributed by atoms with E-state index in [1.54, 1.807) is 11.3 Å². The van der Waals surface area contributed by atoms with E-state index in [0.29, 0.717) is 12.0 Å². The number of thiophene rings is 1. The molecule has 7 heteroatoms. The van der Waals surface area contributed by atoms with E-state index >= 15 is 0 Å². The lowest BCUT2D eigenvalue weighted by atomic mass is 10.1. The van der Waals surface area contributed by atoms with Crippen molar-refractivity contribution in [1.29, 1.82) is 0 Å². The molecule has 5 nitrogen and oxygen atoms in total. The van der Waals surface area contributed by atoms with Crippen LogP contribution < -0.4 is 10.6 Å². The second-order valence-electron chi connectivity index (χ2n) is 4.55. The summed E-state index contributed by atoms with van der Waals surface area (Å²) in [6, 6.07) is 2.41. The Labute approximate surface area is 118 Å².